The SMILES string of the molecule is CC(=O)c1c(C)cc(C)c(CN2CCC(C(=O)N(C)C)CC2)c1C. The normalized spacial score (nSPS) is 16.2. The number of nitrogens with zero attached hydrogens (tertiary/aromatic N) is 2. The van der Waals surface area contributed by atoms with Crippen molar-refractivity contribution in [2.24, 2.45) is 5.92 Å². The van der Waals surface area contributed by atoms with E-state index in [-0.39, 0.29) is 17.6 Å². The fourth-order valence-corrected chi connectivity index (χ4v) is 3.94. The van der Waals surface area contributed by atoms with Crippen molar-refractivity contribution in [2.75, 3.05) is 27.2 Å². The summed E-state index contributed by atoms with van der Waals surface area (Å²) in [6, 6.07) is 2.13. The Bertz CT molecular complexity index is 642. The highest BCUT2D eigenvalue weighted by atomic mass is 16.2. The minimum Gasteiger partial charge on any atom is -0.349 e. The van der Waals surface area contributed by atoms with Gasteiger partial charge in [0, 0.05) is 32.1 Å². The molecule has 2 rings (SSSR count). The molecule has 0 radical (unpaired) electrons. The van der Waals surface area contributed by atoms with Crippen LogP contribution in [-0.4, -0.2) is 48.7 Å². The average molecular weight is 330 g/mol. The molecule has 1 fully saturated rings. The lowest BCUT2D eigenvalue weighted by Gasteiger charge is -2.33. The fourth-order valence-electron chi connectivity index (χ4n) is 3.94. The maximum Gasteiger partial charge on any atom is 0.225 e. The Labute approximate surface area is 145 Å². The van der Waals surface area contributed by atoms with Gasteiger partial charge in [0.25, 0.3) is 0 Å². The van der Waals surface area contributed by atoms with Gasteiger partial charge in [0.1, 0.15) is 0 Å². The fraction of sp³-hybridized carbons (Fsp3) is 0.600. The second-order valence-corrected chi connectivity index (χ2v) is 7.33. The summed E-state index contributed by atoms with van der Waals surface area (Å²) < 4.78 is 0. The molecule has 1 aromatic carbocycles. The van der Waals surface area contributed by atoms with E-state index in [2.05, 4.69) is 24.8 Å². The third-order valence-electron chi connectivity index (χ3n) is 5.24. The number of Topliss-reactive ketones (excluding diaryl/α,β-unsaturated/α-hetero) is 1. The Kier molecular flexibility index (Phi) is 5.81. The number of hydrogen-bond donors (Lipinski definition) is 0. The van der Waals surface area contributed by atoms with E-state index >= 15 is 0 Å². The molecule has 0 N–H and O–H groups in total. The van der Waals surface area contributed by atoms with Crippen LogP contribution in [0.1, 0.15) is 52.4 Å². The van der Waals surface area contributed by atoms with Gasteiger partial charge in [-0.15, -0.1) is 0 Å². The molecular formula is C20H30N2O2. The highest BCUT2D eigenvalue weighted by Crippen LogP contribution is 2.26. The summed E-state index contributed by atoms with van der Waals surface area (Å²) in [6.45, 7) is 10.6. The Morgan fingerprint density at radius 1 is 1.12 bits per heavy atom. The molecule has 4 nitrogen and oxygen atoms in total. The van der Waals surface area contributed by atoms with Gasteiger partial charge in [0.15, 0.2) is 5.78 Å². The van der Waals surface area contributed by atoms with Crippen LogP contribution in [0.4, 0.5) is 0 Å². The number of carbonyl (C=O) groups is 2. The van der Waals surface area contributed by atoms with Crippen LogP contribution in [-0.2, 0) is 11.3 Å². The highest BCUT2D eigenvalue weighted by Gasteiger charge is 2.26. The molecule has 0 saturated carbocycles. The topological polar surface area (TPSA) is 40.6 Å². The molecule has 132 valence electrons. The van der Waals surface area contributed by atoms with Crippen LogP contribution in [0.5, 0.6) is 0 Å². The quantitative estimate of drug-likeness (QED) is 0.797. The third-order valence-corrected chi connectivity index (χ3v) is 5.24. The number of aryl methyl sites for hydroxylation is 2. The molecule has 1 heterocycles. The Hall–Kier alpha value is -1.68. The lowest BCUT2D eigenvalue weighted by Crippen LogP contribution is -2.40. The van der Waals surface area contributed by atoms with Crippen molar-refractivity contribution in [1.29, 1.82) is 0 Å². The number of carbonyl (C=O) groups excluding carboxylic acids is 2. The first-order chi connectivity index (χ1) is 11.2. The number of amides is 1. The molecular weight excluding hydrogens is 300 g/mol. The summed E-state index contributed by atoms with van der Waals surface area (Å²) in [6.07, 6.45) is 1.83. The van der Waals surface area contributed by atoms with Gasteiger partial charge in [0.05, 0.1) is 0 Å². The van der Waals surface area contributed by atoms with Gasteiger partial charge in [-0.25, -0.2) is 0 Å². The van der Waals surface area contributed by atoms with Gasteiger partial charge >= 0.3 is 0 Å². The van der Waals surface area contributed by atoms with Crippen molar-refractivity contribution in [1.82, 2.24) is 9.80 Å². The van der Waals surface area contributed by atoms with Crippen LogP contribution >= 0.6 is 0 Å². The van der Waals surface area contributed by atoms with Crippen molar-refractivity contribution in [3.05, 3.63) is 33.9 Å². The molecule has 1 aliphatic rings. The zero-order valence-corrected chi connectivity index (χ0v) is 15.9. The van der Waals surface area contributed by atoms with Gasteiger partial charge in [-0.2, -0.15) is 0 Å². The Balaban J connectivity index is 2.12. The van der Waals surface area contributed by atoms with Gasteiger partial charge in [-0.1, -0.05) is 6.07 Å². The summed E-state index contributed by atoms with van der Waals surface area (Å²) in [5.74, 6) is 0.544. The van der Waals surface area contributed by atoms with Crippen LogP contribution < -0.4 is 0 Å². The van der Waals surface area contributed by atoms with Crippen molar-refractivity contribution >= 4 is 11.7 Å². The number of rotatable bonds is 4. The van der Waals surface area contributed by atoms with E-state index in [1.807, 2.05) is 21.0 Å². The Morgan fingerprint density at radius 3 is 2.21 bits per heavy atom. The maximum atomic E-state index is 12.1. The molecule has 0 spiro atoms. The Morgan fingerprint density at radius 2 is 1.71 bits per heavy atom. The highest BCUT2D eigenvalue weighted by molar-refractivity contribution is 5.97. The van der Waals surface area contributed by atoms with Crippen LogP contribution in [0.3, 0.4) is 0 Å². The summed E-state index contributed by atoms with van der Waals surface area (Å²) in [4.78, 5) is 28.2. The number of benzene rings is 1. The first-order valence-electron chi connectivity index (χ1n) is 8.76. The molecule has 0 aliphatic carbocycles. The van der Waals surface area contributed by atoms with Crippen molar-refractivity contribution in [3.63, 3.8) is 0 Å². The molecule has 1 amide bonds. The van der Waals surface area contributed by atoms with Gasteiger partial charge in [0.2, 0.25) is 5.91 Å². The van der Waals surface area contributed by atoms with E-state index in [0.717, 1.165) is 49.2 Å². The van der Waals surface area contributed by atoms with Crippen LogP contribution in [0.2, 0.25) is 0 Å². The summed E-state index contributed by atoms with van der Waals surface area (Å²) in [5, 5.41) is 0. The van der Waals surface area contributed by atoms with E-state index < -0.39 is 0 Å². The average Bonchev–Trinajstić information content (AvgIpc) is 2.50. The monoisotopic (exact) mass is 330 g/mol. The summed E-state index contributed by atoms with van der Waals surface area (Å²) >= 11 is 0. The molecule has 0 atom stereocenters. The van der Waals surface area contributed by atoms with Crippen molar-refractivity contribution in [3.8, 4) is 0 Å². The van der Waals surface area contributed by atoms with Crippen LogP contribution in [0.25, 0.3) is 0 Å². The molecule has 0 aromatic heterocycles. The summed E-state index contributed by atoms with van der Waals surface area (Å²) in [5.41, 5.74) is 5.57. The number of ketones is 1. The first-order valence-corrected chi connectivity index (χ1v) is 8.76. The lowest BCUT2D eigenvalue weighted by molar-refractivity contribution is -0.134. The lowest BCUT2D eigenvalue weighted by atomic mass is 9.90. The maximum absolute atomic E-state index is 12.1. The number of likely N-dealkylation sites (tertiary alicyclic amines) is 1. The third kappa shape index (κ3) is 3.86. The minimum absolute atomic E-state index is 0.140. The number of piperidine rings is 1. The second-order valence-electron chi connectivity index (χ2n) is 7.33. The smallest absolute Gasteiger partial charge is 0.225 e. The van der Waals surface area contributed by atoms with Crippen molar-refractivity contribution < 1.29 is 9.59 Å². The molecule has 1 saturated heterocycles. The number of hydrogen-bond acceptors (Lipinski definition) is 3. The zero-order chi connectivity index (χ0) is 18.0. The van der Waals surface area contributed by atoms with Crippen LogP contribution in [0, 0.1) is 26.7 Å². The van der Waals surface area contributed by atoms with E-state index in [0.29, 0.717) is 0 Å². The first kappa shape index (κ1) is 18.7. The van der Waals surface area contributed by atoms with Gasteiger partial charge in [-0.05, 0) is 75.9 Å². The minimum atomic E-state index is 0.140. The molecule has 0 unspecified atom stereocenters. The molecule has 0 bridgehead atoms. The molecule has 24 heavy (non-hydrogen) atoms. The standard InChI is InChI=1S/C20H30N2O2/c1-13-11-14(2)19(16(4)23)15(3)18(13)12-22-9-7-17(8-10-22)20(24)21(5)6/h11,17H,7-10,12H2,1-6H3. The van der Waals surface area contributed by atoms with Crippen LogP contribution in [0.15, 0.2) is 6.07 Å². The molecule has 1 aromatic rings. The van der Waals surface area contributed by atoms with E-state index in [1.54, 1.807) is 11.8 Å². The van der Waals surface area contributed by atoms with E-state index in [4.69, 9.17) is 0 Å². The van der Waals surface area contributed by atoms with Crippen molar-refractivity contribution in [2.45, 2.75) is 47.1 Å². The predicted molar refractivity (Wildman–Crippen MR) is 97.4 cm³/mol. The van der Waals surface area contributed by atoms with Gasteiger partial charge in [-0.3, -0.25) is 14.5 Å². The largest absolute Gasteiger partial charge is 0.349 e. The molecule has 4 heteroatoms. The summed E-state index contributed by atoms with van der Waals surface area (Å²) in [7, 11) is 3.66. The second kappa shape index (κ2) is 7.47. The van der Waals surface area contributed by atoms with E-state index in [1.165, 1.54) is 11.1 Å². The molecule has 1 aliphatic heterocycles. The van der Waals surface area contributed by atoms with Gasteiger partial charge < -0.3 is 4.90 Å². The van der Waals surface area contributed by atoms with E-state index in [9.17, 15) is 9.59 Å². The zero-order valence-electron chi connectivity index (χ0n) is 15.9. The predicted octanol–water partition coefficient (Wildman–Crippen LogP) is 3.11.